The van der Waals surface area contributed by atoms with Gasteiger partial charge in [-0.3, -0.25) is 9.89 Å². The number of hydrogen-bond acceptors (Lipinski definition) is 3. The van der Waals surface area contributed by atoms with Crippen LogP contribution >= 0.6 is 12.4 Å². The lowest BCUT2D eigenvalue weighted by Gasteiger charge is -2.03. The lowest BCUT2D eigenvalue weighted by Crippen LogP contribution is -2.32. The third-order valence-corrected chi connectivity index (χ3v) is 1.55. The van der Waals surface area contributed by atoms with Crippen LogP contribution in [0.15, 0.2) is 6.07 Å². The number of hydrogen-bond donors (Lipinski definition) is 3. The minimum atomic E-state index is -4.51. The van der Waals surface area contributed by atoms with Crippen LogP contribution in [-0.4, -0.2) is 22.1 Å². The molecule has 0 radical (unpaired) electrons. The number of nitrogens with one attached hydrogen (secondary N) is 2. The average Bonchev–Trinajstić information content (AvgIpc) is 2.51. The second-order valence-electron chi connectivity index (χ2n) is 2.94. The van der Waals surface area contributed by atoms with Gasteiger partial charge in [0.25, 0.3) is 0 Å². The van der Waals surface area contributed by atoms with Crippen molar-refractivity contribution in [3.8, 4) is 0 Å². The van der Waals surface area contributed by atoms with Crippen molar-refractivity contribution in [2.45, 2.75) is 19.1 Å². The zero-order chi connectivity index (χ0) is 11.6. The fraction of sp³-hybridized carbons (Fsp3) is 0.429. The SMILES string of the molecule is CC(N)C(=O)Nc1cc(C(F)(F)F)[nH]n1.Cl. The van der Waals surface area contributed by atoms with Crippen LogP contribution in [0.3, 0.4) is 0 Å². The van der Waals surface area contributed by atoms with Gasteiger partial charge in [0.1, 0.15) is 5.69 Å². The molecule has 0 aliphatic carbocycles. The number of rotatable bonds is 2. The van der Waals surface area contributed by atoms with E-state index in [-0.39, 0.29) is 18.2 Å². The third kappa shape index (κ3) is 3.70. The van der Waals surface area contributed by atoms with Crippen molar-refractivity contribution in [1.29, 1.82) is 0 Å². The van der Waals surface area contributed by atoms with E-state index < -0.39 is 23.8 Å². The van der Waals surface area contributed by atoms with Gasteiger partial charge in [-0.05, 0) is 6.92 Å². The molecule has 1 unspecified atom stereocenters. The molecule has 0 aliphatic heterocycles. The zero-order valence-electron chi connectivity index (χ0n) is 8.13. The molecule has 1 aromatic heterocycles. The molecule has 1 heterocycles. The summed E-state index contributed by atoms with van der Waals surface area (Å²) in [5.41, 5.74) is 4.18. The molecular formula is C7H10ClF3N4O. The maximum absolute atomic E-state index is 12.1. The van der Waals surface area contributed by atoms with Crippen LogP contribution in [0.5, 0.6) is 0 Å². The summed E-state index contributed by atoms with van der Waals surface area (Å²) >= 11 is 0. The van der Waals surface area contributed by atoms with E-state index in [9.17, 15) is 18.0 Å². The molecule has 0 bridgehead atoms. The number of carbonyl (C=O) groups excluding carboxylic acids is 1. The topological polar surface area (TPSA) is 83.8 Å². The molecule has 0 aliphatic rings. The van der Waals surface area contributed by atoms with Crippen LogP contribution in [0.4, 0.5) is 19.0 Å². The number of anilines is 1. The summed E-state index contributed by atoms with van der Waals surface area (Å²) in [5.74, 6) is -0.806. The summed E-state index contributed by atoms with van der Waals surface area (Å²) in [6, 6.07) is -0.115. The highest BCUT2D eigenvalue weighted by Gasteiger charge is 2.33. The van der Waals surface area contributed by atoms with Crippen molar-refractivity contribution in [3.05, 3.63) is 11.8 Å². The molecule has 1 atom stereocenters. The third-order valence-electron chi connectivity index (χ3n) is 1.55. The van der Waals surface area contributed by atoms with Gasteiger partial charge in [0.2, 0.25) is 5.91 Å². The van der Waals surface area contributed by atoms with E-state index >= 15 is 0 Å². The Morgan fingerprint density at radius 2 is 2.19 bits per heavy atom. The van der Waals surface area contributed by atoms with Crippen molar-refractivity contribution in [2.24, 2.45) is 5.73 Å². The minimum Gasteiger partial charge on any atom is -0.320 e. The summed E-state index contributed by atoms with van der Waals surface area (Å²) in [7, 11) is 0. The van der Waals surface area contributed by atoms with Crippen molar-refractivity contribution in [3.63, 3.8) is 0 Å². The molecule has 0 spiro atoms. The average molecular weight is 259 g/mol. The molecule has 1 rings (SSSR count). The number of aromatic nitrogens is 2. The second kappa shape index (κ2) is 5.17. The summed E-state index contributed by atoms with van der Waals surface area (Å²) in [6.45, 7) is 1.41. The number of alkyl halides is 3. The molecule has 9 heteroatoms. The first-order valence-electron chi connectivity index (χ1n) is 3.99. The van der Waals surface area contributed by atoms with E-state index in [0.29, 0.717) is 6.07 Å². The van der Waals surface area contributed by atoms with E-state index in [1.165, 1.54) is 6.92 Å². The van der Waals surface area contributed by atoms with Crippen LogP contribution in [0.2, 0.25) is 0 Å². The first kappa shape index (κ1) is 14.7. The summed E-state index contributed by atoms with van der Waals surface area (Å²) in [5, 5.41) is 7.16. The molecule has 4 N–H and O–H groups in total. The molecule has 16 heavy (non-hydrogen) atoms. The number of carbonyl (C=O) groups is 1. The van der Waals surface area contributed by atoms with Crippen LogP contribution in [-0.2, 0) is 11.0 Å². The second-order valence-corrected chi connectivity index (χ2v) is 2.94. The Labute approximate surface area is 95.0 Å². The lowest BCUT2D eigenvalue weighted by molar-refractivity contribution is -0.141. The molecule has 0 aromatic carbocycles. The molecule has 1 aromatic rings. The predicted octanol–water partition coefficient (Wildman–Crippen LogP) is 1.14. The van der Waals surface area contributed by atoms with E-state index in [4.69, 9.17) is 5.73 Å². The number of H-pyrrole nitrogens is 1. The Balaban J connectivity index is 0.00000225. The molecular weight excluding hydrogens is 249 g/mol. The van der Waals surface area contributed by atoms with Crippen molar-refractivity contribution >= 4 is 24.1 Å². The van der Waals surface area contributed by atoms with Gasteiger partial charge < -0.3 is 11.1 Å². The van der Waals surface area contributed by atoms with Gasteiger partial charge in [-0.1, -0.05) is 0 Å². The van der Waals surface area contributed by atoms with Crippen LogP contribution < -0.4 is 11.1 Å². The Kier molecular flexibility index (Phi) is 4.76. The van der Waals surface area contributed by atoms with Gasteiger partial charge in [0, 0.05) is 6.07 Å². The van der Waals surface area contributed by atoms with E-state index in [0.717, 1.165) is 0 Å². The number of amides is 1. The van der Waals surface area contributed by atoms with Gasteiger partial charge in [-0.25, -0.2) is 0 Å². The van der Waals surface area contributed by atoms with Crippen LogP contribution in [0, 0.1) is 0 Å². The van der Waals surface area contributed by atoms with Gasteiger partial charge >= 0.3 is 6.18 Å². The standard InChI is InChI=1S/C7H9F3N4O.ClH/c1-3(11)6(15)12-5-2-4(13-14-5)7(8,9)10;/h2-3H,11H2,1H3,(H2,12,13,14,15);1H. The smallest absolute Gasteiger partial charge is 0.320 e. The summed E-state index contributed by atoms with van der Waals surface area (Å²) in [4.78, 5) is 11.0. The predicted molar refractivity (Wildman–Crippen MR) is 53.1 cm³/mol. The highest BCUT2D eigenvalue weighted by atomic mass is 35.5. The first-order valence-corrected chi connectivity index (χ1v) is 3.99. The number of halogens is 4. The van der Waals surface area contributed by atoms with Crippen molar-refractivity contribution in [2.75, 3.05) is 5.32 Å². The van der Waals surface area contributed by atoms with Gasteiger partial charge in [-0.15, -0.1) is 12.4 Å². The van der Waals surface area contributed by atoms with Crippen LogP contribution in [0.25, 0.3) is 0 Å². The molecule has 5 nitrogen and oxygen atoms in total. The monoisotopic (exact) mass is 258 g/mol. The largest absolute Gasteiger partial charge is 0.432 e. The molecule has 0 saturated carbocycles. The highest BCUT2D eigenvalue weighted by Crippen LogP contribution is 2.28. The molecule has 1 amide bonds. The summed E-state index contributed by atoms with van der Waals surface area (Å²) < 4.78 is 36.3. The van der Waals surface area contributed by atoms with Gasteiger partial charge in [0.15, 0.2) is 5.82 Å². The highest BCUT2D eigenvalue weighted by molar-refractivity contribution is 5.93. The van der Waals surface area contributed by atoms with Crippen molar-refractivity contribution < 1.29 is 18.0 Å². The van der Waals surface area contributed by atoms with E-state index in [2.05, 4.69) is 10.4 Å². The maximum atomic E-state index is 12.1. The quantitative estimate of drug-likeness (QED) is 0.744. The lowest BCUT2D eigenvalue weighted by atomic mass is 10.3. The fourth-order valence-corrected chi connectivity index (χ4v) is 0.771. The van der Waals surface area contributed by atoms with Crippen molar-refractivity contribution in [1.82, 2.24) is 10.2 Å². The van der Waals surface area contributed by atoms with E-state index in [1.54, 1.807) is 5.10 Å². The Hall–Kier alpha value is -1.28. The molecule has 0 saturated heterocycles. The minimum absolute atomic E-state index is 0. The van der Waals surface area contributed by atoms with E-state index in [1.807, 2.05) is 0 Å². The fourth-order valence-electron chi connectivity index (χ4n) is 0.771. The Bertz CT molecular complexity index is 363. The molecule has 92 valence electrons. The number of aromatic amines is 1. The first-order chi connectivity index (χ1) is 6.80. The zero-order valence-corrected chi connectivity index (χ0v) is 8.95. The number of nitrogens with zero attached hydrogens (tertiary/aromatic N) is 1. The van der Waals surface area contributed by atoms with Crippen LogP contribution in [0.1, 0.15) is 12.6 Å². The normalized spacial score (nSPS) is 12.8. The maximum Gasteiger partial charge on any atom is 0.432 e. The van der Waals surface area contributed by atoms with Gasteiger partial charge in [0.05, 0.1) is 6.04 Å². The molecule has 0 fully saturated rings. The summed E-state index contributed by atoms with van der Waals surface area (Å²) in [6.07, 6.45) is -4.51. The Morgan fingerprint density at radius 1 is 1.62 bits per heavy atom. The van der Waals surface area contributed by atoms with Gasteiger partial charge in [-0.2, -0.15) is 18.3 Å². The number of nitrogens with two attached hydrogens (primary N) is 1. The Morgan fingerprint density at radius 3 is 2.56 bits per heavy atom.